The number of likely N-dealkylation sites (tertiary alicyclic amines) is 1. The molecular formula is C23H33N5O. The number of nitrogens with one attached hydrogen (secondary N) is 2. The van der Waals surface area contributed by atoms with Crippen molar-refractivity contribution in [2.75, 3.05) is 38.1 Å². The molecule has 0 radical (unpaired) electrons. The summed E-state index contributed by atoms with van der Waals surface area (Å²) in [5.74, 6) is 1.44. The van der Waals surface area contributed by atoms with Crippen molar-refractivity contribution in [3.05, 3.63) is 42.0 Å². The van der Waals surface area contributed by atoms with Gasteiger partial charge in [0.2, 0.25) is 5.91 Å². The molecule has 2 N–H and O–H groups in total. The van der Waals surface area contributed by atoms with Crippen LogP contribution in [0.25, 0.3) is 0 Å². The predicted molar refractivity (Wildman–Crippen MR) is 118 cm³/mol. The zero-order valence-corrected chi connectivity index (χ0v) is 17.4. The van der Waals surface area contributed by atoms with Crippen molar-refractivity contribution in [1.29, 1.82) is 0 Å². The van der Waals surface area contributed by atoms with Crippen LogP contribution in [0.5, 0.6) is 0 Å². The fourth-order valence-corrected chi connectivity index (χ4v) is 4.64. The molecule has 6 heteroatoms. The summed E-state index contributed by atoms with van der Waals surface area (Å²) in [6.45, 7) is 4.34. The van der Waals surface area contributed by atoms with Crippen molar-refractivity contribution >= 4 is 17.6 Å². The first-order valence-corrected chi connectivity index (χ1v) is 11.0. The Bertz CT molecular complexity index is 760. The van der Waals surface area contributed by atoms with Crippen molar-refractivity contribution in [3.8, 4) is 0 Å². The minimum absolute atomic E-state index is 0.268. The molecule has 1 saturated heterocycles. The summed E-state index contributed by atoms with van der Waals surface area (Å²) in [5.41, 5.74) is 2.50. The first kappa shape index (κ1) is 19.8. The second kappa shape index (κ2) is 9.33. The van der Waals surface area contributed by atoms with E-state index in [1.165, 1.54) is 24.1 Å². The van der Waals surface area contributed by atoms with Crippen LogP contribution in [0, 0.1) is 5.92 Å². The van der Waals surface area contributed by atoms with E-state index in [1.807, 2.05) is 0 Å². The van der Waals surface area contributed by atoms with Gasteiger partial charge in [-0.15, -0.1) is 0 Å². The van der Waals surface area contributed by atoms with Crippen LogP contribution in [0.15, 0.2) is 41.4 Å². The Labute approximate surface area is 174 Å². The van der Waals surface area contributed by atoms with E-state index in [0.29, 0.717) is 5.91 Å². The molecule has 2 heterocycles. The molecule has 4 rings (SSSR count). The van der Waals surface area contributed by atoms with Crippen LogP contribution in [-0.4, -0.2) is 56.0 Å². The van der Waals surface area contributed by atoms with Crippen LogP contribution in [0.2, 0.25) is 0 Å². The first-order valence-electron chi connectivity index (χ1n) is 11.0. The summed E-state index contributed by atoms with van der Waals surface area (Å²) in [5, 5.41) is 6.94. The molecule has 0 spiro atoms. The molecule has 1 atom stereocenters. The summed E-state index contributed by atoms with van der Waals surface area (Å²) in [4.78, 5) is 21.4. The van der Waals surface area contributed by atoms with Gasteiger partial charge in [0, 0.05) is 57.4 Å². The fraction of sp³-hybridized carbons (Fsp3) is 0.565. The largest absolute Gasteiger partial charge is 0.364 e. The van der Waals surface area contributed by atoms with E-state index in [-0.39, 0.29) is 12.0 Å². The van der Waals surface area contributed by atoms with E-state index >= 15 is 0 Å². The van der Waals surface area contributed by atoms with Gasteiger partial charge in [0.15, 0.2) is 5.96 Å². The molecule has 6 nitrogen and oxygen atoms in total. The van der Waals surface area contributed by atoms with E-state index in [4.69, 9.17) is 0 Å². The number of anilines is 1. The number of nitrogens with zero attached hydrogens (tertiary/aromatic N) is 3. The third-order valence-corrected chi connectivity index (χ3v) is 6.32. The highest BCUT2D eigenvalue weighted by Gasteiger charge is 2.32. The molecule has 1 aliphatic carbocycles. The van der Waals surface area contributed by atoms with Crippen LogP contribution < -0.4 is 15.5 Å². The van der Waals surface area contributed by atoms with Gasteiger partial charge in [-0.1, -0.05) is 37.1 Å². The van der Waals surface area contributed by atoms with Gasteiger partial charge < -0.3 is 20.4 Å². The molecule has 1 aromatic carbocycles. The molecule has 29 heavy (non-hydrogen) atoms. The number of amides is 1. The first-order chi connectivity index (χ1) is 14.2. The molecule has 1 saturated carbocycles. The van der Waals surface area contributed by atoms with Crippen LogP contribution >= 0.6 is 0 Å². The van der Waals surface area contributed by atoms with E-state index in [1.54, 1.807) is 7.05 Å². The molecule has 1 aromatic rings. The lowest BCUT2D eigenvalue weighted by molar-refractivity contribution is -0.134. The highest BCUT2D eigenvalue weighted by molar-refractivity contribution is 5.81. The number of carbonyl (C=O) groups excluding carboxylic acids is 1. The molecule has 156 valence electrons. The van der Waals surface area contributed by atoms with Crippen molar-refractivity contribution < 1.29 is 4.79 Å². The molecule has 2 fully saturated rings. The second-order valence-corrected chi connectivity index (χ2v) is 8.37. The zero-order valence-electron chi connectivity index (χ0n) is 17.4. The number of rotatable bonds is 5. The Kier molecular flexibility index (Phi) is 6.37. The molecule has 3 aliphatic rings. The maximum atomic E-state index is 12.6. The number of hydrogen-bond donors (Lipinski definition) is 2. The molecule has 0 aromatic heterocycles. The van der Waals surface area contributed by atoms with Gasteiger partial charge in [0.1, 0.15) is 0 Å². The summed E-state index contributed by atoms with van der Waals surface area (Å²) in [6.07, 6.45) is 9.96. The van der Waals surface area contributed by atoms with Crippen LogP contribution in [0.4, 0.5) is 5.69 Å². The Hall–Kier alpha value is -2.50. The molecule has 2 aliphatic heterocycles. The van der Waals surface area contributed by atoms with E-state index in [9.17, 15) is 4.79 Å². The fourth-order valence-electron chi connectivity index (χ4n) is 4.64. The quantitative estimate of drug-likeness (QED) is 0.457. The SMILES string of the molecule is CN=C(NCc1cccc(N2CC=CC2)c1)NC1CCN(C(=O)C2CCCC2)C1. The summed E-state index contributed by atoms with van der Waals surface area (Å²) >= 11 is 0. The van der Waals surface area contributed by atoms with E-state index in [2.05, 4.69) is 61.8 Å². The Morgan fingerprint density at radius 2 is 1.97 bits per heavy atom. The van der Waals surface area contributed by atoms with Crippen LogP contribution in [-0.2, 0) is 11.3 Å². The standard InChI is InChI=1S/C23H33N5O/c1-24-23(25-16-18-7-6-10-21(15-18)27-12-4-5-13-27)26-20-11-14-28(17-20)22(29)19-8-2-3-9-19/h4-7,10,15,19-20H,2-3,8-9,11-14,16-17H2,1H3,(H2,24,25,26). The van der Waals surface area contributed by atoms with Gasteiger partial charge in [-0.2, -0.15) is 0 Å². The van der Waals surface area contributed by atoms with Gasteiger partial charge in [0.05, 0.1) is 0 Å². The van der Waals surface area contributed by atoms with E-state index in [0.717, 1.165) is 57.9 Å². The monoisotopic (exact) mass is 395 g/mol. The summed E-state index contributed by atoms with van der Waals surface area (Å²) in [6, 6.07) is 8.94. The predicted octanol–water partition coefficient (Wildman–Crippen LogP) is 2.52. The number of aliphatic imine (C=N–C) groups is 1. The molecular weight excluding hydrogens is 362 g/mol. The second-order valence-electron chi connectivity index (χ2n) is 8.37. The highest BCUT2D eigenvalue weighted by atomic mass is 16.2. The Balaban J connectivity index is 1.26. The average molecular weight is 396 g/mol. The lowest BCUT2D eigenvalue weighted by Gasteiger charge is -2.22. The zero-order chi connectivity index (χ0) is 20.1. The lowest BCUT2D eigenvalue weighted by atomic mass is 10.1. The maximum absolute atomic E-state index is 12.6. The highest BCUT2D eigenvalue weighted by Crippen LogP contribution is 2.27. The number of benzene rings is 1. The van der Waals surface area contributed by atoms with Crippen molar-refractivity contribution in [2.24, 2.45) is 10.9 Å². The number of carbonyl (C=O) groups is 1. The lowest BCUT2D eigenvalue weighted by Crippen LogP contribution is -2.45. The van der Waals surface area contributed by atoms with Gasteiger partial charge in [-0.25, -0.2) is 0 Å². The third kappa shape index (κ3) is 4.92. The minimum atomic E-state index is 0.268. The minimum Gasteiger partial charge on any atom is -0.364 e. The summed E-state index contributed by atoms with van der Waals surface area (Å²) in [7, 11) is 1.80. The van der Waals surface area contributed by atoms with Gasteiger partial charge in [-0.3, -0.25) is 9.79 Å². The smallest absolute Gasteiger partial charge is 0.225 e. The Morgan fingerprint density at radius 3 is 2.72 bits per heavy atom. The van der Waals surface area contributed by atoms with Crippen LogP contribution in [0.3, 0.4) is 0 Å². The number of guanidine groups is 1. The number of hydrogen-bond acceptors (Lipinski definition) is 3. The molecule has 1 unspecified atom stereocenters. The molecule has 0 bridgehead atoms. The Morgan fingerprint density at radius 1 is 1.17 bits per heavy atom. The topological polar surface area (TPSA) is 60.0 Å². The maximum Gasteiger partial charge on any atom is 0.225 e. The van der Waals surface area contributed by atoms with Crippen molar-refractivity contribution in [3.63, 3.8) is 0 Å². The van der Waals surface area contributed by atoms with Crippen molar-refractivity contribution in [2.45, 2.75) is 44.7 Å². The third-order valence-electron chi connectivity index (χ3n) is 6.32. The van der Waals surface area contributed by atoms with Crippen molar-refractivity contribution in [1.82, 2.24) is 15.5 Å². The van der Waals surface area contributed by atoms with E-state index < -0.39 is 0 Å². The van der Waals surface area contributed by atoms with Gasteiger partial charge in [0.25, 0.3) is 0 Å². The van der Waals surface area contributed by atoms with Crippen LogP contribution in [0.1, 0.15) is 37.7 Å². The van der Waals surface area contributed by atoms with Gasteiger partial charge in [-0.05, 0) is 37.0 Å². The summed E-state index contributed by atoms with van der Waals surface area (Å²) < 4.78 is 0. The average Bonchev–Trinajstić information content (AvgIpc) is 3.53. The van der Waals surface area contributed by atoms with Gasteiger partial charge >= 0.3 is 0 Å². The normalized spacial score (nSPS) is 22.5. The molecule has 1 amide bonds.